The van der Waals surface area contributed by atoms with Crippen molar-refractivity contribution in [2.24, 2.45) is 0 Å². The van der Waals surface area contributed by atoms with Crippen LogP contribution < -0.4 is 4.74 Å². The fourth-order valence-corrected chi connectivity index (χ4v) is 3.79. The standard InChI is InChI=1S/C21H21ClO4/c1-21(2)25-12-15(26-21)11-24-19-5-3-4-18-17(19)8-6-13-10-14(22)7-9-16(13)20(18)23/h3-5,7,9-10,15H,6,8,11-12H2,1-2H3. The zero-order valence-electron chi connectivity index (χ0n) is 14.9. The van der Waals surface area contributed by atoms with Gasteiger partial charge in [-0.05, 0) is 56.5 Å². The molecule has 0 amide bonds. The Morgan fingerprint density at radius 1 is 1.19 bits per heavy atom. The van der Waals surface area contributed by atoms with E-state index >= 15 is 0 Å². The van der Waals surface area contributed by atoms with Gasteiger partial charge in [0.05, 0.1) is 6.61 Å². The zero-order valence-corrected chi connectivity index (χ0v) is 15.6. The lowest BCUT2D eigenvalue weighted by Gasteiger charge is -2.18. The number of ether oxygens (including phenoxy) is 3. The molecule has 5 heteroatoms. The van der Waals surface area contributed by atoms with E-state index in [0.717, 1.165) is 35.3 Å². The Morgan fingerprint density at radius 2 is 2.04 bits per heavy atom. The highest BCUT2D eigenvalue weighted by atomic mass is 35.5. The molecule has 0 N–H and O–H groups in total. The van der Waals surface area contributed by atoms with Gasteiger partial charge in [0, 0.05) is 21.7 Å². The van der Waals surface area contributed by atoms with Gasteiger partial charge in [-0.3, -0.25) is 4.79 Å². The van der Waals surface area contributed by atoms with Crippen LogP contribution in [0.25, 0.3) is 0 Å². The van der Waals surface area contributed by atoms with Crippen LogP contribution in [0.1, 0.15) is 40.9 Å². The number of fused-ring (bicyclic) bond motifs is 2. The highest BCUT2D eigenvalue weighted by molar-refractivity contribution is 6.30. The second-order valence-corrected chi connectivity index (χ2v) is 7.61. The Bertz CT molecular complexity index is 859. The maximum absolute atomic E-state index is 13.0. The number of rotatable bonds is 3. The molecule has 1 fully saturated rings. The highest BCUT2D eigenvalue weighted by Crippen LogP contribution is 2.32. The predicted octanol–water partition coefficient (Wildman–Crippen LogP) is 4.20. The van der Waals surface area contributed by atoms with Crippen LogP contribution in [0, 0.1) is 0 Å². The topological polar surface area (TPSA) is 44.8 Å². The third-order valence-electron chi connectivity index (χ3n) is 4.83. The maximum atomic E-state index is 13.0. The molecule has 136 valence electrons. The minimum Gasteiger partial charge on any atom is -0.490 e. The summed E-state index contributed by atoms with van der Waals surface area (Å²) >= 11 is 6.10. The molecule has 4 rings (SSSR count). The quantitative estimate of drug-likeness (QED) is 0.810. The minimum atomic E-state index is -0.571. The largest absolute Gasteiger partial charge is 0.490 e. The van der Waals surface area contributed by atoms with E-state index in [-0.39, 0.29) is 11.9 Å². The number of hydrogen-bond donors (Lipinski definition) is 0. The maximum Gasteiger partial charge on any atom is 0.193 e. The van der Waals surface area contributed by atoms with E-state index in [2.05, 4.69) is 0 Å². The van der Waals surface area contributed by atoms with Gasteiger partial charge in [-0.15, -0.1) is 0 Å². The molecule has 1 heterocycles. The van der Waals surface area contributed by atoms with Crippen LogP contribution in [0.5, 0.6) is 5.75 Å². The number of carbonyl (C=O) groups is 1. The van der Waals surface area contributed by atoms with Crippen LogP contribution >= 0.6 is 11.6 Å². The lowest BCUT2D eigenvalue weighted by atomic mass is 9.98. The van der Waals surface area contributed by atoms with Crippen molar-refractivity contribution < 1.29 is 19.0 Å². The first kappa shape index (κ1) is 17.5. The third-order valence-corrected chi connectivity index (χ3v) is 5.06. The summed E-state index contributed by atoms with van der Waals surface area (Å²) < 4.78 is 17.4. The molecule has 1 atom stereocenters. The Labute approximate surface area is 158 Å². The first-order chi connectivity index (χ1) is 12.4. The molecule has 2 aromatic carbocycles. The normalized spacial score (nSPS) is 21.0. The number of halogens is 1. The molecule has 2 aliphatic rings. The molecule has 1 aliphatic carbocycles. The monoisotopic (exact) mass is 372 g/mol. The van der Waals surface area contributed by atoms with Crippen molar-refractivity contribution in [1.82, 2.24) is 0 Å². The van der Waals surface area contributed by atoms with Crippen LogP contribution in [0.15, 0.2) is 36.4 Å². The molecule has 0 spiro atoms. The van der Waals surface area contributed by atoms with Gasteiger partial charge in [-0.2, -0.15) is 0 Å². The predicted molar refractivity (Wildman–Crippen MR) is 99.1 cm³/mol. The number of ketones is 1. The number of aryl methyl sites for hydroxylation is 1. The highest BCUT2D eigenvalue weighted by Gasteiger charge is 2.33. The second-order valence-electron chi connectivity index (χ2n) is 7.17. The zero-order chi connectivity index (χ0) is 18.3. The smallest absolute Gasteiger partial charge is 0.193 e. The molecule has 0 saturated carbocycles. The Morgan fingerprint density at radius 3 is 2.81 bits per heavy atom. The van der Waals surface area contributed by atoms with E-state index in [4.69, 9.17) is 25.8 Å². The summed E-state index contributed by atoms with van der Waals surface area (Å²) in [6.45, 7) is 4.68. The Hall–Kier alpha value is -1.88. The Balaban J connectivity index is 1.58. The number of benzene rings is 2. The van der Waals surface area contributed by atoms with Crippen LogP contribution in [0.3, 0.4) is 0 Å². The van der Waals surface area contributed by atoms with Gasteiger partial charge in [0.25, 0.3) is 0 Å². The van der Waals surface area contributed by atoms with E-state index in [0.29, 0.717) is 23.8 Å². The third kappa shape index (κ3) is 3.37. The average Bonchev–Trinajstić information content (AvgIpc) is 2.89. The summed E-state index contributed by atoms with van der Waals surface area (Å²) in [7, 11) is 0. The van der Waals surface area contributed by atoms with Crippen molar-refractivity contribution >= 4 is 17.4 Å². The van der Waals surface area contributed by atoms with E-state index in [1.54, 1.807) is 6.07 Å². The van der Waals surface area contributed by atoms with Gasteiger partial charge in [-0.1, -0.05) is 23.7 Å². The van der Waals surface area contributed by atoms with Crippen LogP contribution in [-0.2, 0) is 22.3 Å². The van der Waals surface area contributed by atoms with Gasteiger partial charge < -0.3 is 14.2 Å². The summed E-state index contributed by atoms with van der Waals surface area (Å²) in [5.74, 6) is 0.192. The van der Waals surface area contributed by atoms with Crippen LogP contribution in [-0.4, -0.2) is 30.9 Å². The SMILES string of the molecule is CC1(C)OCC(COc2cccc3c2CCc2cc(Cl)ccc2C3=O)O1. The summed E-state index contributed by atoms with van der Waals surface area (Å²) in [4.78, 5) is 13.0. The second kappa shape index (κ2) is 6.69. The summed E-state index contributed by atoms with van der Waals surface area (Å²) in [5.41, 5.74) is 3.36. The van der Waals surface area contributed by atoms with E-state index in [1.807, 2.05) is 44.2 Å². The van der Waals surface area contributed by atoms with E-state index < -0.39 is 5.79 Å². The first-order valence-corrected chi connectivity index (χ1v) is 9.20. The van der Waals surface area contributed by atoms with Crippen molar-refractivity contribution in [3.05, 3.63) is 63.7 Å². The lowest BCUT2D eigenvalue weighted by molar-refractivity contribution is -0.141. The molecule has 2 aromatic rings. The fourth-order valence-electron chi connectivity index (χ4n) is 3.59. The lowest BCUT2D eigenvalue weighted by Crippen LogP contribution is -2.25. The average molecular weight is 373 g/mol. The summed E-state index contributed by atoms with van der Waals surface area (Å²) in [6, 6.07) is 11.1. The molecule has 0 aromatic heterocycles. The molecule has 0 radical (unpaired) electrons. The van der Waals surface area contributed by atoms with Crippen LogP contribution in [0.4, 0.5) is 0 Å². The van der Waals surface area contributed by atoms with Gasteiger partial charge in [0.1, 0.15) is 18.5 Å². The van der Waals surface area contributed by atoms with Crippen molar-refractivity contribution in [2.45, 2.75) is 38.6 Å². The molecule has 0 bridgehead atoms. The molecular weight excluding hydrogens is 352 g/mol. The van der Waals surface area contributed by atoms with Gasteiger partial charge >= 0.3 is 0 Å². The minimum absolute atomic E-state index is 0.0243. The molecule has 1 aliphatic heterocycles. The van der Waals surface area contributed by atoms with Crippen LogP contribution in [0.2, 0.25) is 5.02 Å². The fraction of sp³-hybridized carbons (Fsp3) is 0.381. The van der Waals surface area contributed by atoms with Crippen molar-refractivity contribution in [3.8, 4) is 5.75 Å². The van der Waals surface area contributed by atoms with Gasteiger partial charge in [0.15, 0.2) is 11.6 Å². The molecule has 1 unspecified atom stereocenters. The molecule has 1 saturated heterocycles. The van der Waals surface area contributed by atoms with E-state index in [9.17, 15) is 4.79 Å². The Kier molecular flexibility index (Phi) is 4.51. The van der Waals surface area contributed by atoms with Crippen molar-refractivity contribution in [1.29, 1.82) is 0 Å². The van der Waals surface area contributed by atoms with Gasteiger partial charge in [0.2, 0.25) is 0 Å². The molecular formula is C21H21ClO4. The number of hydrogen-bond acceptors (Lipinski definition) is 4. The van der Waals surface area contributed by atoms with Gasteiger partial charge in [-0.25, -0.2) is 0 Å². The van der Waals surface area contributed by atoms with E-state index in [1.165, 1.54) is 0 Å². The molecule has 26 heavy (non-hydrogen) atoms. The van der Waals surface area contributed by atoms with Crippen molar-refractivity contribution in [2.75, 3.05) is 13.2 Å². The summed E-state index contributed by atoms with van der Waals surface area (Å²) in [5, 5.41) is 0.653. The van der Waals surface area contributed by atoms with Crippen molar-refractivity contribution in [3.63, 3.8) is 0 Å². The summed E-state index contributed by atoms with van der Waals surface area (Å²) in [6.07, 6.45) is 1.38. The first-order valence-electron chi connectivity index (χ1n) is 8.82. The molecule has 4 nitrogen and oxygen atoms in total. The number of carbonyl (C=O) groups excluding carboxylic acids is 1.